The topological polar surface area (TPSA) is 97.2 Å². The molecular formula is C27H24N2O5S. The fourth-order valence-corrected chi connectivity index (χ4v) is 4.40. The number of carboxylic acid groups (broad SMARTS) is 1. The number of hydrogen-bond acceptors (Lipinski definition) is 6. The number of carbonyl (C=O) groups is 2. The standard InChI is InChI=1S/C27H24N2O5S/c1-16-10-17(2)12-21(11-16)28-27-29-25(30)24(35-27)14-19-6-9-22(23(13-19)33-3)34-15-18-4-7-20(8-5-18)26(31)32/h4-14H,15H2,1-3H3,(H,31,32)(H,28,29,30)/b24-14+. The van der Waals surface area contributed by atoms with Crippen LogP contribution in [0.5, 0.6) is 11.5 Å². The maximum absolute atomic E-state index is 12.5. The summed E-state index contributed by atoms with van der Waals surface area (Å²) in [6, 6.07) is 17.9. The number of aromatic carboxylic acids is 1. The Balaban J connectivity index is 1.47. The Morgan fingerprint density at radius 2 is 1.74 bits per heavy atom. The second-order valence-electron chi connectivity index (χ2n) is 8.03. The molecule has 0 spiro atoms. The number of amidine groups is 1. The predicted molar refractivity (Wildman–Crippen MR) is 137 cm³/mol. The number of methoxy groups -OCH3 is 1. The number of rotatable bonds is 7. The summed E-state index contributed by atoms with van der Waals surface area (Å²) < 4.78 is 11.3. The Kier molecular flexibility index (Phi) is 7.22. The molecule has 0 saturated carbocycles. The van der Waals surface area contributed by atoms with E-state index in [4.69, 9.17) is 14.6 Å². The van der Waals surface area contributed by atoms with E-state index in [0.29, 0.717) is 21.6 Å². The number of thioether (sulfide) groups is 1. The fourth-order valence-electron chi connectivity index (χ4n) is 3.56. The first kappa shape index (κ1) is 24.1. The zero-order valence-electron chi connectivity index (χ0n) is 19.5. The first-order chi connectivity index (χ1) is 16.8. The normalized spacial score (nSPS) is 15.3. The van der Waals surface area contributed by atoms with Gasteiger partial charge in [0.15, 0.2) is 16.7 Å². The molecule has 2 N–H and O–H groups in total. The Bertz CT molecular complexity index is 1330. The average molecular weight is 489 g/mol. The number of nitrogens with zero attached hydrogens (tertiary/aromatic N) is 1. The van der Waals surface area contributed by atoms with E-state index < -0.39 is 5.97 Å². The molecule has 0 aromatic heterocycles. The summed E-state index contributed by atoms with van der Waals surface area (Å²) in [5.74, 6) is -0.115. The highest BCUT2D eigenvalue weighted by Gasteiger charge is 2.24. The molecule has 7 nitrogen and oxygen atoms in total. The molecule has 1 heterocycles. The van der Waals surface area contributed by atoms with Gasteiger partial charge in [-0.2, -0.15) is 0 Å². The zero-order chi connectivity index (χ0) is 24.9. The van der Waals surface area contributed by atoms with Crippen molar-refractivity contribution < 1.29 is 24.2 Å². The summed E-state index contributed by atoms with van der Waals surface area (Å²) in [5, 5.41) is 12.4. The van der Waals surface area contributed by atoms with Crippen molar-refractivity contribution in [1.82, 2.24) is 5.32 Å². The predicted octanol–water partition coefficient (Wildman–Crippen LogP) is 5.48. The lowest BCUT2D eigenvalue weighted by Crippen LogP contribution is -2.19. The van der Waals surface area contributed by atoms with Crippen molar-refractivity contribution in [2.24, 2.45) is 4.99 Å². The minimum absolute atomic E-state index is 0.206. The van der Waals surface area contributed by atoms with Gasteiger partial charge in [-0.25, -0.2) is 9.79 Å². The van der Waals surface area contributed by atoms with Crippen molar-refractivity contribution >= 4 is 40.6 Å². The lowest BCUT2D eigenvalue weighted by Gasteiger charge is -2.11. The first-order valence-electron chi connectivity index (χ1n) is 10.8. The molecule has 3 aromatic rings. The molecule has 1 aliphatic heterocycles. The number of nitrogens with one attached hydrogen (secondary N) is 1. The molecule has 1 amide bonds. The molecule has 1 aliphatic rings. The van der Waals surface area contributed by atoms with E-state index in [2.05, 4.69) is 16.4 Å². The molecule has 0 atom stereocenters. The van der Waals surface area contributed by atoms with Crippen molar-refractivity contribution in [2.75, 3.05) is 7.11 Å². The Hall–Kier alpha value is -4.04. The Morgan fingerprint density at radius 1 is 1.03 bits per heavy atom. The van der Waals surface area contributed by atoms with Crippen molar-refractivity contribution in [3.05, 3.63) is 93.4 Å². The molecule has 1 fully saturated rings. The SMILES string of the molecule is COc1cc(/C=C2/SC(=Nc3cc(C)cc(C)c3)NC2=O)ccc1OCc1ccc(C(=O)O)cc1. The maximum atomic E-state index is 12.5. The quantitative estimate of drug-likeness (QED) is 0.428. The van der Waals surface area contributed by atoms with Gasteiger partial charge in [0.25, 0.3) is 5.91 Å². The van der Waals surface area contributed by atoms with E-state index in [0.717, 1.165) is 27.9 Å². The van der Waals surface area contributed by atoms with Crippen LogP contribution in [0.4, 0.5) is 5.69 Å². The molecular weight excluding hydrogens is 464 g/mol. The summed E-state index contributed by atoms with van der Waals surface area (Å²) in [6.07, 6.45) is 1.78. The van der Waals surface area contributed by atoms with Crippen molar-refractivity contribution in [1.29, 1.82) is 0 Å². The van der Waals surface area contributed by atoms with Gasteiger partial charge in [0, 0.05) is 0 Å². The number of carboxylic acids is 1. The Morgan fingerprint density at radius 3 is 2.40 bits per heavy atom. The van der Waals surface area contributed by atoms with Gasteiger partial charge in [-0.1, -0.05) is 24.3 Å². The van der Waals surface area contributed by atoms with Crippen molar-refractivity contribution in [2.45, 2.75) is 20.5 Å². The highest BCUT2D eigenvalue weighted by Crippen LogP contribution is 2.33. The van der Waals surface area contributed by atoms with E-state index in [1.54, 1.807) is 37.5 Å². The third kappa shape index (κ3) is 6.10. The fraction of sp³-hybridized carbons (Fsp3) is 0.148. The van der Waals surface area contributed by atoms with Gasteiger partial charge < -0.3 is 19.9 Å². The van der Waals surface area contributed by atoms with Gasteiger partial charge in [0.2, 0.25) is 0 Å². The van der Waals surface area contributed by atoms with Gasteiger partial charge in [-0.15, -0.1) is 0 Å². The van der Waals surface area contributed by atoms with Crippen LogP contribution in [-0.4, -0.2) is 29.3 Å². The molecule has 1 saturated heterocycles. The van der Waals surface area contributed by atoms with E-state index >= 15 is 0 Å². The molecule has 3 aromatic carbocycles. The zero-order valence-corrected chi connectivity index (χ0v) is 20.3. The average Bonchev–Trinajstić information content (AvgIpc) is 3.15. The van der Waals surface area contributed by atoms with Crippen LogP contribution in [-0.2, 0) is 11.4 Å². The first-order valence-corrected chi connectivity index (χ1v) is 11.6. The van der Waals surface area contributed by atoms with Gasteiger partial charge in [-0.3, -0.25) is 4.79 Å². The largest absolute Gasteiger partial charge is 0.493 e. The number of aryl methyl sites for hydroxylation is 2. The molecule has 0 unspecified atom stereocenters. The number of hydrogen-bond donors (Lipinski definition) is 2. The third-order valence-corrected chi connectivity index (χ3v) is 6.08. The van der Waals surface area contributed by atoms with Crippen molar-refractivity contribution in [3.8, 4) is 11.5 Å². The van der Waals surface area contributed by atoms with Crippen LogP contribution in [0.25, 0.3) is 6.08 Å². The summed E-state index contributed by atoms with van der Waals surface area (Å²) in [5.41, 5.74) is 4.86. The summed E-state index contributed by atoms with van der Waals surface area (Å²) in [7, 11) is 1.55. The molecule has 0 radical (unpaired) electrons. The number of benzene rings is 3. The smallest absolute Gasteiger partial charge is 0.335 e. The van der Waals surface area contributed by atoms with Crippen LogP contribution in [0.1, 0.15) is 32.6 Å². The van der Waals surface area contributed by atoms with Crippen LogP contribution in [0.2, 0.25) is 0 Å². The highest BCUT2D eigenvalue weighted by atomic mass is 32.2. The highest BCUT2D eigenvalue weighted by molar-refractivity contribution is 8.18. The van der Waals surface area contributed by atoms with Crippen LogP contribution >= 0.6 is 11.8 Å². The van der Waals surface area contributed by atoms with Crippen molar-refractivity contribution in [3.63, 3.8) is 0 Å². The minimum atomic E-state index is -0.971. The van der Waals surface area contributed by atoms with Crippen LogP contribution < -0.4 is 14.8 Å². The molecule has 0 bridgehead atoms. The second-order valence-corrected chi connectivity index (χ2v) is 9.06. The molecule has 178 valence electrons. The van der Waals surface area contributed by atoms with Crippen LogP contribution in [0.15, 0.2) is 70.6 Å². The van der Waals surface area contributed by atoms with E-state index in [-0.39, 0.29) is 18.1 Å². The van der Waals surface area contributed by atoms with Gasteiger partial charge in [-0.05, 0) is 90.3 Å². The minimum Gasteiger partial charge on any atom is -0.493 e. The summed E-state index contributed by atoms with van der Waals surface area (Å²) in [6.45, 7) is 4.28. The van der Waals surface area contributed by atoms with E-state index in [1.807, 2.05) is 32.0 Å². The maximum Gasteiger partial charge on any atom is 0.335 e. The molecule has 0 aliphatic carbocycles. The number of amides is 1. The molecule has 4 rings (SSSR count). The third-order valence-electron chi connectivity index (χ3n) is 5.17. The molecule has 8 heteroatoms. The number of ether oxygens (including phenoxy) is 2. The van der Waals surface area contributed by atoms with Gasteiger partial charge >= 0.3 is 5.97 Å². The van der Waals surface area contributed by atoms with E-state index in [9.17, 15) is 9.59 Å². The monoisotopic (exact) mass is 488 g/mol. The van der Waals surface area contributed by atoms with Crippen LogP contribution in [0, 0.1) is 13.8 Å². The lowest BCUT2D eigenvalue weighted by molar-refractivity contribution is -0.115. The molecule has 35 heavy (non-hydrogen) atoms. The lowest BCUT2D eigenvalue weighted by atomic mass is 10.1. The summed E-state index contributed by atoms with van der Waals surface area (Å²) >= 11 is 1.29. The van der Waals surface area contributed by atoms with Crippen LogP contribution in [0.3, 0.4) is 0 Å². The Labute approximate surface area is 207 Å². The van der Waals surface area contributed by atoms with Gasteiger partial charge in [0.1, 0.15) is 6.61 Å². The number of aliphatic imine (C=N–C) groups is 1. The summed E-state index contributed by atoms with van der Waals surface area (Å²) in [4.78, 5) is 28.6. The second kappa shape index (κ2) is 10.5. The van der Waals surface area contributed by atoms with Gasteiger partial charge in [0.05, 0.1) is 23.3 Å². The number of carbonyl (C=O) groups excluding carboxylic acids is 1. The van der Waals surface area contributed by atoms with E-state index in [1.165, 1.54) is 23.9 Å².